The molecule has 0 bridgehead atoms. The predicted molar refractivity (Wildman–Crippen MR) is 537 cm³/mol. The number of furan rings is 6. The number of benzene rings is 14. The van der Waals surface area contributed by atoms with E-state index in [0.29, 0.717) is 0 Å². The Balaban J connectivity index is 0.000000163. The van der Waals surface area contributed by atoms with Crippen molar-refractivity contribution in [2.75, 3.05) is 9.80 Å². The van der Waals surface area contributed by atoms with Crippen LogP contribution in [0, 0.1) is 0 Å². The van der Waals surface area contributed by atoms with Gasteiger partial charge in [0, 0.05) is 87.8 Å². The molecule has 604 valence electrons. The van der Waals surface area contributed by atoms with Gasteiger partial charge in [-0.2, -0.15) is 0 Å². The van der Waals surface area contributed by atoms with Crippen molar-refractivity contribution in [3.8, 4) is 0 Å². The van der Waals surface area contributed by atoms with Gasteiger partial charge in [-0.1, -0.05) is 307 Å². The summed E-state index contributed by atoms with van der Waals surface area (Å²) in [6.45, 7) is 42.0. The summed E-state index contributed by atoms with van der Waals surface area (Å²) in [7, 11) is -4.33. The molecule has 6 aromatic heterocycles. The van der Waals surface area contributed by atoms with Gasteiger partial charge in [-0.3, -0.25) is 0 Å². The minimum atomic E-state index is -1.57. The van der Waals surface area contributed by atoms with E-state index in [1.165, 1.54) is 43.4 Å². The summed E-state index contributed by atoms with van der Waals surface area (Å²) >= 11 is 7.38. The first kappa shape index (κ1) is 82.1. The average Bonchev–Trinajstić information content (AvgIpc) is 1.54. The van der Waals surface area contributed by atoms with Crippen molar-refractivity contribution in [2.45, 2.75) is 144 Å². The van der Waals surface area contributed by atoms with Crippen molar-refractivity contribution >= 4 is 261 Å². The quantitative estimate of drug-likeness (QED) is 0.0935. The minimum absolute atomic E-state index is 0. The third kappa shape index (κ3) is 15.1. The first-order valence-corrected chi connectivity index (χ1v) is 53.5. The van der Waals surface area contributed by atoms with Gasteiger partial charge in [0.2, 0.25) is 0 Å². The van der Waals surface area contributed by atoms with Crippen molar-refractivity contribution in [3.63, 3.8) is 0 Å². The molecule has 0 aliphatic heterocycles. The Morgan fingerprint density at radius 2 is 0.542 bits per heavy atom. The summed E-state index contributed by atoms with van der Waals surface area (Å²) in [5.41, 5.74) is 22.7. The van der Waals surface area contributed by atoms with Gasteiger partial charge < -0.3 is 36.3 Å². The largest absolute Gasteiger partial charge is 0.456 e. The van der Waals surface area contributed by atoms with E-state index in [9.17, 15) is 0 Å². The Hall–Kier alpha value is -10.2. The molecule has 8 nitrogen and oxygen atoms in total. The number of nitrogens with zero attached hydrogens (tertiary/aromatic N) is 2. The molecule has 0 unspecified atom stereocenters. The van der Waals surface area contributed by atoms with Crippen LogP contribution in [-0.2, 0) is 22.7 Å². The number of hydrogen-bond donors (Lipinski definition) is 0. The number of para-hydroxylation sites is 4. The Morgan fingerprint density at radius 3 is 0.950 bits per heavy atom. The number of hydrogen-bond acceptors (Lipinski definition) is 8. The van der Waals surface area contributed by atoms with Gasteiger partial charge in [0.25, 0.3) is 0 Å². The van der Waals surface area contributed by atoms with E-state index in [2.05, 4.69) is 381 Å². The number of halogens is 3. The topological polar surface area (TPSA) is 85.3 Å². The summed E-state index contributed by atoms with van der Waals surface area (Å²) in [5.74, 6) is 0. The molecule has 0 amide bonds. The van der Waals surface area contributed by atoms with E-state index in [-0.39, 0.29) is 40.2 Å². The third-order valence-corrected chi connectivity index (χ3v) is 31.2. The highest BCUT2D eigenvalue weighted by atomic mass is 127. The van der Waals surface area contributed by atoms with Gasteiger partial charge in [0.15, 0.2) is 5.58 Å². The maximum Gasteiger partial charge on any atom is 0.160 e. The van der Waals surface area contributed by atoms with Crippen molar-refractivity contribution in [2.24, 2.45) is 0 Å². The van der Waals surface area contributed by atoms with Gasteiger partial charge in [0.1, 0.15) is 61.4 Å². The lowest BCUT2D eigenvalue weighted by molar-refractivity contribution is 0.590. The molecule has 0 radical (unpaired) electrons. The van der Waals surface area contributed by atoms with Crippen LogP contribution in [0.25, 0.3) is 132 Å². The monoisotopic (exact) mass is 1870 g/mol. The van der Waals surface area contributed by atoms with Crippen LogP contribution in [0.15, 0.2) is 302 Å². The predicted octanol–water partition coefficient (Wildman–Crippen LogP) is 32.7. The zero-order valence-electron chi connectivity index (χ0n) is 71.6. The van der Waals surface area contributed by atoms with E-state index >= 15 is 0 Å². The summed E-state index contributed by atoms with van der Waals surface area (Å²) < 4.78 is 42.2. The lowest BCUT2D eigenvalue weighted by atomic mass is 9.86. The first-order valence-electron chi connectivity index (χ1n) is 41.4. The zero-order valence-corrected chi connectivity index (χ0v) is 80.1. The second-order valence-corrected chi connectivity index (χ2v) is 55.3. The van der Waals surface area contributed by atoms with Crippen molar-refractivity contribution in [1.82, 2.24) is 0 Å². The van der Waals surface area contributed by atoms with E-state index in [4.69, 9.17) is 26.5 Å². The van der Waals surface area contributed by atoms with E-state index in [1.807, 2.05) is 48.5 Å². The Kier molecular flexibility index (Phi) is 21.1. The fourth-order valence-corrected chi connectivity index (χ4v) is 21.6. The molecule has 0 N–H and O–H groups in total. The highest BCUT2D eigenvalue weighted by molar-refractivity contribution is 14.0. The molecular weight excluding hydrogens is 1770 g/mol. The van der Waals surface area contributed by atoms with Crippen LogP contribution in [0.4, 0.5) is 34.1 Å². The van der Waals surface area contributed by atoms with Crippen molar-refractivity contribution in [3.05, 3.63) is 304 Å². The molecule has 20 aromatic rings. The highest BCUT2D eigenvalue weighted by Crippen LogP contribution is 2.55. The molecule has 0 atom stereocenters. The van der Waals surface area contributed by atoms with Crippen molar-refractivity contribution < 1.29 is 26.5 Å². The molecule has 0 aliphatic carbocycles. The van der Waals surface area contributed by atoms with Gasteiger partial charge in [0.05, 0.1) is 56.2 Å². The minimum Gasteiger partial charge on any atom is -0.456 e. The van der Waals surface area contributed by atoms with Crippen LogP contribution in [0.1, 0.15) is 90.1 Å². The number of rotatable bonds is 11. The molecule has 14 heteroatoms. The first-order chi connectivity index (χ1) is 56.6. The molecule has 6 heterocycles. The second kappa shape index (κ2) is 30.8. The van der Waals surface area contributed by atoms with Crippen LogP contribution in [0.2, 0.25) is 58.9 Å². The van der Waals surface area contributed by atoms with Gasteiger partial charge in [-0.25, -0.2) is 0 Å². The molecule has 20 rings (SSSR count). The van der Waals surface area contributed by atoms with E-state index < -0.39 is 24.2 Å². The summed E-state index contributed by atoms with van der Waals surface area (Å²) in [5, 5.41) is 16.6. The lowest BCUT2D eigenvalue weighted by Crippen LogP contribution is -2.37. The van der Waals surface area contributed by atoms with Crippen molar-refractivity contribution in [1.29, 1.82) is 0 Å². The number of anilines is 6. The maximum atomic E-state index is 7.32. The van der Waals surface area contributed by atoms with Crippen LogP contribution in [0.3, 0.4) is 0 Å². The molecule has 120 heavy (non-hydrogen) atoms. The highest BCUT2D eigenvalue weighted by Gasteiger charge is 2.33. The molecule has 0 saturated carbocycles. The van der Waals surface area contributed by atoms with Crippen LogP contribution in [0.5, 0.6) is 0 Å². The Labute approximate surface area is 738 Å². The standard InChI is InChI=1S/C62H62N2O3Si2.C24H10Br2O3.C20H28Si.HI/c1-61(2,3)39-21-25-41(26-22-39)63(43-29-33-45(34-30-43)68(7,8)9)49-37-54-58(60-55(49)47-17-13-15-19-51(47)67-60)57-53(65-54)38-50(59-56(57)48-18-14-16-20-52(48)66-59)64(42-27-23-40(24-28-42)62(4,5)6)44-31-35-46(36-32-44)69(10,11)12;25-13-9-18-22(24-19(13)11-5-1-3-7-15(11)29-24)21-17(27-18)10-14(26)23-20(21)12-6-2-4-8-16(12)28-23;1-20(2,3)18-11-7-16(8-12-18)15-17-9-13-19(14-10-17)21(4,5)6;/h13-38H,1-12H3;1-10H;7-14H,15H2,1-6H3;1H. The number of fused-ring (bicyclic) bond motifs is 22. The molecule has 0 saturated heterocycles. The van der Waals surface area contributed by atoms with Gasteiger partial charge >= 0.3 is 0 Å². The summed E-state index contributed by atoms with van der Waals surface area (Å²) in [6, 6.07) is 96.2. The summed E-state index contributed by atoms with van der Waals surface area (Å²) in [4.78, 5) is 4.73. The Bertz CT molecular complexity index is 7150. The maximum absolute atomic E-state index is 7.32. The van der Waals surface area contributed by atoms with E-state index in [0.717, 1.165) is 181 Å². The molecule has 0 spiro atoms. The van der Waals surface area contributed by atoms with Gasteiger partial charge in [-0.15, -0.1) is 24.0 Å². The van der Waals surface area contributed by atoms with Gasteiger partial charge in [-0.05, 0) is 167 Å². The SMILES string of the molecule is Brc1cc2oc3cc(Br)c4c5ccccc5oc4c3c2c2c1oc1ccccc12.CC(C)(C)c1ccc(Cc2ccc([Si](C)(C)C)cc2)cc1.CC(C)(C)c1ccc(N(c2ccc([Si](C)(C)C)cc2)c2cc3oc4cc(N(c5ccc(C(C)(C)C)cc5)c5ccc([Si](C)(C)C)cc5)c5c6ccccc6oc5c4c3c3c2oc2ccccc23)cc1.I. The third-order valence-electron chi connectivity index (χ3n) is 23.8. The molecule has 0 fully saturated rings. The van der Waals surface area contributed by atoms with E-state index in [1.54, 1.807) is 0 Å². The average molecular weight is 1870 g/mol. The fraction of sp³-hybridized carbons (Fsp3) is 0.208. The fourth-order valence-electron chi connectivity index (χ4n) is 17.0. The zero-order chi connectivity index (χ0) is 83.3. The van der Waals surface area contributed by atoms with Crippen LogP contribution in [-0.4, -0.2) is 24.2 Å². The van der Waals surface area contributed by atoms with Crippen LogP contribution < -0.4 is 25.4 Å². The summed E-state index contributed by atoms with van der Waals surface area (Å²) in [6.07, 6.45) is 1.02. The second-order valence-electron chi connectivity index (χ2n) is 38.3. The molecular formula is C106H101Br2IN2O6Si3. The molecule has 14 aromatic carbocycles. The Morgan fingerprint density at radius 1 is 0.258 bits per heavy atom. The molecule has 0 aliphatic rings. The lowest BCUT2D eigenvalue weighted by Gasteiger charge is -2.28. The van der Waals surface area contributed by atoms with Crippen LogP contribution >= 0.6 is 55.8 Å². The smallest absolute Gasteiger partial charge is 0.160 e. The normalized spacial score (nSPS) is 12.6.